The molecule has 1 aromatic carbocycles. The summed E-state index contributed by atoms with van der Waals surface area (Å²) in [5, 5.41) is 4.00. The van der Waals surface area contributed by atoms with Gasteiger partial charge in [-0.1, -0.05) is 31.5 Å². The van der Waals surface area contributed by atoms with E-state index in [9.17, 15) is 8.42 Å². The first-order valence-electron chi connectivity index (χ1n) is 7.40. The molecule has 0 aromatic heterocycles. The van der Waals surface area contributed by atoms with E-state index >= 15 is 0 Å². The molecule has 21 heavy (non-hydrogen) atoms. The van der Waals surface area contributed by atoms with Crippen LogP contribution in [0.2, 0.25) is 5.02 Å². The van der Waals surface area contributed by atoms with Gasteiger partial charge in [-0.05, 0) is 43.2 Å². The van der Waals surface area contributed by atoms with Gasteiger partial charge in [0.2, 0.25) is 0 Å². The summed E-state index contributed by atoms with van der Waals surface area (Å²) in [6.07, 6.45) is 5.89. The summed E-state index contributed by atoms with van der Waals surface area (Å²) >= 11 is 6.19. The van der Waals surface area contributed by atoms with E-state index in [1.807, 2.05) is 0 Å². The molecular formula is C16H24ClNO2S. The molecule has 0 aliphatic heterocycles. The molecule has 2 rings (SSSR count). The fourth-order valence-corrected chi connectivity index (χ4v) is 4.16. The Morgan fingerprint density at radius 3 is 2.48 bits per heavy atom. The van der Waals surface area contributed by atoms with Crippen molar-refractivity contribution in [3.8, 4) is 0 Å². The van der Waals surface area contributed by atoms with E-state index in [0.29, 0.717) is 33.5 Å². The van der Waals surface area contributed by atoms with Crippen molar-refractivity contribution in [1.82, 2.24) is 5.32 Å². The van der Waals surface area contributed by atoms with Crippen LogP contribution >= 0.6 is 11.6 Å². The van der Waals surface area contributed by atoms with Crippen molar-refractivity contribution in [2.45, 2.75) is 57.0 Å². The van der Waals surface area contributed by atoms with Crippen molar-refractivity contribution in [2.24, 2.45) is 5.41 Å². The zero-order valence-electron chi connectivity index (χ0n) is 12.9. The van der Waals surface area contributed by atoms with Gasteiger partial charge in [0.15, 0.2) is 9.84 Å². The van der Waals surface area contributed by atoms with Gasteiger partial charge in [0.05, 0.1) is 4.90 Å². The van der Waals surface area contributed by atoms with E-state index in [2.05, 4.69) is 19.2 Å². The normalized spacial score (nSPS) is 19.6. The van der Waals surface area contributed by atoms with E-state index in [1.165, 1.54) is 19.1 Å². The van der Waals surface area contributed by atoms with Gasteiger partial charge in [0, 0.05) is 29.4 Å². The Kier molecular flexibility index (Phi) is 5.01. The van der Waals surface area contributed by atoms with Crippen LogP contribution in [0.25, 0.3) is 0 Å². The minimum absolute atomic E-state index is 0.332. The van der Waals surface area contributed by atoms with Crippen molar-refractivity contribution < 1.29 is 8.42 Å². The van der Waals surface area contributed by atoms with Gasteiger partial charge in [-0.15, -0.1) is 0 Å². The number of nitrogens with one attached hydrogen (secondary N) is 1. The van der Waals surface area contributed by atoms with Gasteiger partial charge in [0.1, 0.15) is 0 Å². The van der Waals surface area contributed by atoms with E-state index in [1.54, 1.807) is 18.2 Å². The highest BCUT2D eigenvalue weighted by Gasteiger charge is 2.27. The first-order chi connectivity index (χ1) is 9.69. The molecule has 1 saturated carbocycles. The van der Waals surface area contributed by atoms with Gasteiger partial charge in [0.25, 0.3) is 0 Å². The number of benzene rings is 1. The Hall–Kier alpha value is -0.580. The largest absolute Gasteiger partial charge is 0.310 e. The molecule has 1 aliphatic rings. The molecule has 3 nitrogen and oxygen atoms in total. The molecule has 0 heterocycles. The monoisotopic (exact) mass is 329 g/mol. The van der Waals surface area contributed by atoms with E-state index < -0.39 is 9.84 Å². The molecule has 0 radical (unpaired) electrons. The van der Waals surface area contributed by atoms with Crippen molar-refractivity contribution >= 4 is 21.4 Å². The number of rotatable bonds is 4. The smallest absolute Gasteiger partial charge is 0.175 e. The summed E-state index contributed by atoms with van der Waals surface area (Å²) in [7, 11) is -3.25. The topological polar surface area (TPSA) is 46.2 Å². The van der Waals surface area contributed by atoms with Crippen LogP contribution < -0.4 is 5.32 Å². The molecule has 0 atom stereocenters. The Bertz CT molecular complexity index is 601. The molecule has 0 bridgehead atoms. The molecular weight excluding hydrogens is 306 g/mol. The molecule has 0 unspecified atom stereocenters. The lowest BCUT2D eigenvalue weighted by Gasteiger charge is -2.34. The second-order valence-electron chi connectivity index (χ2n) is 6.81. The first-order valence-corrected chi connectivity index (χ1v) is 9.67. The van der Waals surface area contributed by atoms with Crippen LogP contribution in [0.1, 0.15) is 45.1 Å². The molecule has 0 amide bonds. The average Bonchev–Trinajstić information content (AvgIpc) is 2.37. The summed E-state index contributed by atoms with van der Waals surface area (Å²) in [4.78, 5) is 0.332. The standard InChI is InChI=1S/C16H24ClNO2S/c1-16(2)9-7-12(8-10-16)18-11-13-14(17)5-4-6-15(13)21(3,19)20/h4-6,12,18H,7-11H2,1-3H3. The summed E-state index contributed by atoms with van der Waals surface area (Å²) in [5.74, 6) is 0. The van der Waals surface area contributed by atoms with Crippen molar-refractivity contribution in [1.29, 1.82) is 0 Å². The van der Waals surface area contributed by atoms with Crippen molar-refractivity contribution in [3.05, 3.63) is 28.8 Å². The van der Waals surface area contributed by atoms with Crippen molar-refractivity contribution in [3.63, 3.8) is 0 Å². The summed E-state index contributed by atoms with van der Waals surface area (Å²) in [6, 6.07) is 5.51. The third-order valence-electron chi connectivity index (χ3n) is 4.38. The van der Waals surface area contributed by atoms with Crippen LogP contribution in [-0.2, 0) is 16.4 Å². The van der Waals surface area contributed by atoms with E-state index in [4.69, 9.17) is 11.6 Å². The maximum Gasteiger partial charge on any atom is 0.175 e. The molecule has 5 heteroatoms. The fraction of sp³-hybridized carbons (Fsp3) is 0.625. The summed E-state index contributed by atoms with van der Waals surface area (Å²) < 4.78 is 23.7. The molecule has 0 saturated heterocycles. The quantitative estimate of drug-likeness (QED) is 0.913. The average molecular weight is 330 g/mol. The number of hydrogen-bond donors (Lipinski definition) is 1. The Balaban J connectivity index is 2.08. The molecule has 118 valence electrons. The predicted octanol–water partition coefficient (Wildman–Crippen LogP) is 3.80. The number of sulfone groups is 1. The second kappa shape index (κ2) is 6.27. The Morgan fingerprint density at radius 2 is 1.90 bits per heavy atom. The maximum atomic E-state index is 11.9. The fourth-order valence-electron chi connectivity index (χ4n) is 2.91. The van der Waals surface area contributed by atoms with Gasteiger partial charge in [-0.3, -0.25) is 0 Å². The van der Waals surface area contributed by atoms with Crippen LogP contribution in [0, 0.1) is 5.41 Å². The lowest BCUT2D eigenvalue weighted by Crippen LogP contribution is -2.35. The maximum absolute atomic E-state index is 11.9. The highest BCUT2D eigenvalue weighted by atomic mass is 35.5. The molecule has 1 aliphatic carbocycles. The number of hydrogen-bond acceptors (Lipinski definition) is 3. The highest BCUT2D eigenvalue weighted by molar-refractivity contribution is 7.90. The minimum Gasteiger partial charge on any atom is -0.310 e. The molecule has 1 aromatic rings. The van der Waals surface area contributed by atoms with E-state index in [-0.39, 0.29) is 0 Å². The lowest BCUT2D eigenvalue weighted by molar-refractivity contribution is 0.206. The third kappa shape index (κ3) is 4.44. The zero-order valence-corrected chi connectivity index (χ0v) is 14.5. The molecule has 1 fully saturated rings. The van der Waals surface area contributed by atoms with Crippen molar-refractivity contribution in [2.75, 3.05) is 6.26 Å². The van der Waals surface area contributed by atoms with Gasteiger partial charge >= 0.3 is 0 Å². The molecule has 0 spiro atoms. The van der Waals surface area contributed by atoms with Crippen LogP contribution in [0.4, 0.5) is 0 Å². The zero-order chi connectivity index (χ0) is 15.7. The SMILES string of the molecule is CC1(C)CCC(NCc2c(Cl)cccc2S(C)(=O)=O)CC1. The lowest BCUT2D eigenvalue weighted by atomic mass is 9.75. The first kappa shape index (κ1) is 16.8. The second-order valence-corrected chi connectivity index (χ2v) is 9.20. The van der Waals surface area contributed by atoms with E-state index in [0.717, 1.165) is 12.8 Å². The van der Waals surface area contributed by atoms with Crippen LogP contribution in [-0.4, -0.2) is 20.7 Å². The number of halogens is 1. The summed E-state index contributed by atoms with van der Waals surface area (Å²) in [6.45, 7) is 5.12. The summed E-state index contributed by atoms with van der Waals surface area (Å²) in [5.41, 5.74) is 1.12. The van der Waals surface area contributed by atoms with Crippen LogP contribution in [0.3, 0.4) is 0 Å². The van der Waals surface area contributed by atoms with Crippen LogP contribution in [0.15, 0.2) is 23.1 Å². The Morgan fingerprint density at radius 1 is 1.29 bits per heavy atom. The third-order valence-corrected chi connectivity index (χ3v) is 5.92. The Labute approximate surface area is 133 Å². The van der Waals surface area contributed by atoms with Gasteiger partial charge in [-0.25, -0.2) is 8.42 Å². The van der Waals surface area contributed by atoms with Gasteiger partial charge in [-0.2, -0.15) is 0 Å². The van der Waals surface area contributed by atoms with Gasteiger partial charge < -0.3 is 5.32 Å². The highest BCUT2D eigenvalue weighted by Crippen LogP contribution is 2.35. The molecule has 1 N–H and O–H groups in total. The minimum atomic E-state index is -3.25. The van der Waals surface area contributed by atoms with Crippen LogP contribution in [0.5, 0.6) is 0 Å². The predicted molar refractivity (Wildman–Crippen MR) is 87.4 cm³/mol.